The molecule has 3 aliphatic heterocycles. The normalized spacial score (nSPS) is 30.9. The van der Waals surface area contributed by atoms with E-state index in [2.05, 4.69) is 0 Å². The van der Waals surface area contributed by atoms with Gasteiger partial charge in [0.25, 0.3) is 0 Å². The Kier molecular flexibility index (Phi) is 1.94. The molecule has 0 amide bonds. The smallest absolute Gasteiger partial charge is 0.211 e. The number of phenolic OH excluding ortho intramolecular Hbond substituents is 2. The van der Waals surface area contributed by atoms with Crippen molar-refractivity contribution in [3.8, 4) is 23.0 Å². The van der Waals surface area contributed by atoms with E-state index in [0.29, 0.717) is 11.5 Å². The number of hydrogen-bond acceptors (Lipinski definition) is 5. The highest BCUT2D eigenvalue weighted by Crippen LogP contribution is 2.61. The number of aromatic hydroxyl groups is 2. The first-order valence-corrected chi connectivity index (χ1v) is 6.86. The van der Waals surface area contributed by atoms with Crippen molar-refractivity contribution >= 4 is 0 Å². The minimum absolute atomic E-state index is 0.180. The Labute approximate surface area is 120 Å². The molecule has 0 unspecified atom stereocenters. The average molecular weight is 284 g/mol. The Morgan fingerprint density at radius 1 is 0.714 bits per heavy atom. The summed E-state index contributed by atoms with van der Waals surface area (Å²) in [4.78, 5) is 0. The minimum atomic E-state index is -0.490. The lowest BCUT2D eigenvalue weighted by molar-refractivity contribution is -0.132. The van der Waals surface area contributed by atoms with Crippen molar-refractivity contribution in [1.29, 1.82) is 0 Å². The van der Waals surface area contributed by atoms with Crippen molar-refractivity contribution in [3.05, 3.63) is 47.5 Å². The molecule has 0 spiro atoms. The molecule has 106 valence electrons. The molecule has 5 nitrogen and oxygen atoms in total. The highest BCUT2D eigenvalue weighted by atomic mass is 16.8. The monoisotopic (exact) mass is 284 g/mol. The Bertz CT molecular complexity index is 693. The van der Waals surface area contributed by atoms with E-state index in [-0.39, 0.29) is 23.3 Å². The zero-order valence-electron chi connectivity index (χ0n) is 10.9. The molecule has 1 saturated heterocycles. The molecule has 3 aliphatic rings. The lowest BCUT2D eigenvalue weighted by atomic mass is 9.83. The quantitative estimate of drug-likeness (QED) is 0.777. The van der Waals surface area contributed by atoms with Crippen LogP contribution < -0.4 is 9.47 Å². The molecular weight excluding hydrogens is 272 g/mol. The maximum absolute atomic E-state index is 10.2. The van der Waals surface area contributed by atoms with Gasteiger partial charge in [-0.05, 0) is 24.3 Å². The lowest BCUT2D eigenvalue weighted by Crippen LogP contribution is -2.19. The molecule has 0 aliphatic carbocycles. The van der Waals surface area contributed by atoms with Crippen LogP contribution in [0.25, 0.3) is 0 Å². The van der Waals surface area contributed by atoms with E-state index in [4.69, 9.17) is 14.2 Å². The van der Waals surface area contributed by atoms with Crippen molar-refractivity contribution in [1.82, 2.24) is 0 Å². The van der Waals surface area contributed by atoms with E-state index >= 15 is 0 Å². The van der Waals surface area contributed by atoms with Crippen LogP contribution in [-0.2, 0) is 4.74 Å². The second-order valence-electron chi connectivity index (χ2n) is 5.54. The summed E-state index contributed by atoms with van der Waals surface area (Å²) in [5.41, 5.74) is 1.46. The predicted molar refractivity (Wildman–Crippen MR) is 71.6 cm³/mol. The summed E-state index contributed by atoms with van der Waals surface area (Å²) >= 11 is 0. The fourth-order valence-corrected chi connectivity index (χ4v) is 3.66. The van der Waals surface area contributed by atoms with Gasteiger partial charge in [0.05, 0.1) is 11.8 Å². The summed E-state index contributed by atoms with van der Waals surface area (Å²) in [5.74, 6) is 1.28. The minimum Gasteiger partial charge on any atom is -0.508 e. The van der Waals surface area contributed by atoms with Crippen LogP contribution in [0.2, 0.25) is 0 Å². The van der Waals surface area contributed by atoms with Crippen molar-refractivity contribution in [3.63, 3.8) is 0 Å². The fraction of sp³-hybridized carbons (Fsp3) is 0.250. The van der Waals surface area contributed by atoms with E-state index in [1.165, 1.54) is 0 Å². The van der Waals surface area contributed by atoms with Crippen LogP contribution >= 0.6 is 0 Å². The van der Waals surface area contributed by atoms with E-state index in [1.54, 1.807) is 24.3 Å². The molecule has 5 rings (SSSR count). The van der Waals surface area contributed by atoms with Crippen LogP contribution in [0.5, 0.6) is 23.0 Å². The van der Waals surface area contributed by atoms with Crippen molar-refractivity contribution in [2.75, 3.05) is 0 Å². The van der Waals surface area contributed by atoms with Gasteiger partial charge in [-0.2, -0.15) is 0 Å². The molecule has 4 atom stereocenters. The van der Waals surface area contributed by atoms with Crippen LogP contribution in [0, 0.1) is 0 Å². The van der Waals surface area contributed by atoms with E-state index in [1.807, 2.05) is 12.1 Å². The number of fused-ring (bicyclic) bond motifs is 7. The fourth-order valence-electron chi connectivity index (χ4n) is 3.66. The van der Waals surface area contributed by atoms with Gasteiger partial charge in [-0.25, -0.2) is 0 Å². The van der Waals surface area contributed by atoms with Crippen LogP contribution in [0.4, 0.5) is 0 Å². The topological polar surface area (TPSA) is 68.2 Å². The molecule has 0 radical (unpaired) electrons. The number of benzene rings is 2. The number of ether oxygens (including phenoxy) is 3. The van der Waals surface area contributed by atoms with Crippen molar-refractivity contribution in [2.24, 2.45) is 0 Å². The van der Waals surface area contributed by atoms with Gasteiger partial charge in [0, 0.05) is 11.1 Å². The maximum Gasteiger partial charge on any atom is 0.211 e. The molecule has 0 aromatic heterocycles. The number of phenols is 2. The first-order valence-electron chi connectivity index (χ1n) is 6.86. The highest BCUT2D eigenvalue weighted by molar-refractivity contribution is 5.57. The second-order valence-corrected chi connectivity index (χ2v) is 5.54. The van der Waals surface area contributed by atoms with E-state index in [9.17, 15) is 10.2 Å². The standard InChI is InChI=1S/C16H12O5/c17-7-3-1-5-9-11(7)13-14-12-8(18)4-2-6-10(12)20-16(14)21-15(13)19-9/h1-6,13-18H/t13-,14-,15+,16+/m0/s1. The third-order valence-electron chi connectivity index (χ3n) is 4.48. The van der Waals surface area contributed by atoms with Crippen LogP contribution in [0.1, 0.15) is 23.0 Å². The summed E-state index contributed by atoms with van der Waals surface area (Å²) in [6.45, 7) is 0. The Hall–Kier alpha value is -2.40. The first kappa shape index (κ1) is 11.3. The van der Waals surface area contributed by atoms with Gasteiger partial charge in [0.2, 0.25) is 12.6 Å². The molecule has 2 aromatic carbocycles. The van der Waals surface area contributed by atoms with Crippen molar-refractivity contribution in [2.45, 2.75) is 24.4 Å². The Morgan fingerprint density at radius 3 is 1.67 bits per heavy atom. The van der Waals surface area contributed by atoms with Gasteiger partial charge in [0.1, 0.15) is 23.0 Å². The summed E-state index contributed by atoms with van der Waals surface area (Å²) < 4.78 is 17.3. The Morgan fingerprint density at radius 2 is 1.19 bits per heavy atom. The van der Waals surface area contributed by atoms with Crippen LogP contribution in [-0.4, -0.2) is 22.8 Å². The SMILES string of the molecule is Oc1cccc2c1[C@@H]1[C@H](O2)O[C@H]2Oc3cccc(O)c3[C@H]21. The zero-order valence-corrected chi connectivity index (χ0v) is 10.9. The van der Waals surface area contributed by atoms with Crippen molar-refractivity contribution < 1.29 is 24.4 Å². The third-order valence-corrected chi connectivity index (χ3v) is 4.48. The van der Waals surface area contributed by atoms with Gasteiger partial charge in [0.15, 0.2) is 0 Å². The third kappa shape index (κ3) is 1.29. The van der Waals surface area contributed by atoms with Crippen LogP contribution in [0.3, 0.4) is 0 Å². The highest BCUT2D eigenvalue weighted by Gasteiger charge is 2.58. The van der Waals surface area contributed by atoms with Gasteiger partial charge in [-0.15, -0.1) is 0 Å². The molecule has 5 heteroatoms. The van der Waals surface area contributed by atoms with Gasteiger partial charge in [-0.1, -0.05) is 12.1 Å². The van der Waals surface area contributed by atoms with Gasteiger partial charge in [-0.3, -0.25) is 0 Å². The van der Waals surface area contributed by atoms with Crippen LogP contribution in [0.15, 0.2) is 36.4 Å². The zero-order chi connectivity index (χ0) is 14.1. The average Bonchev–Trinajstić information content (AvgIpc) is 3.05. The summed E-state index contributed by atoms with van der Waals surface area (Å²) in [6.07, 6.45) is -0.980. The molecule has 0 saturated carbocycles. The predicted octanol–water partition coefficient (Wildman–Crippen LogP) is 2.43. The van der Waals surface area contributed by atoms with E-state index < -0.39 is 12.6 Å². The molecular formula is C16H12O5. The molecule has 2 N–H and O–H groups in total. The molecule has 0 bridgehead atoms. The first-order chi connectivity index (χ1) is 10.2. The summed E-state index contributed by atoms with van der Waals surface area (Å²) in [5, 5.41) is 20.4. The molecule has 1 fully saturated rings. The maximum atomic E-state index is 10.2. The van der Waals surface area contributed by atoms with E-state index in [0.717, 1.165) is 11.1 Å². The largest absolute Gasteiger partial charge is 0.508 e. The second kappa shape index (κ2) is 3.62. The lowest BCUT2D eigenvalue weighted by Gasteiger charge is -2.15. The Balaban J connectivity index is 1.70. The molecule has 2 aromatic rings. The van der Waals surface area contributed by atoms with Gasteiger partial charge < -0.3 is 24.4 Å². The summed E-state index contributed by atoms with van der Waals surface area (Å²) in [6, 6.07) is 10.4. The van der Waals surface area contributed by atoms with Gasteiger partial charge >= 0.3 is 0 Å². The number of hydrogen-bond donors (Lipinski definition) is 2. The molecule has 21 heavy (non-hydrogen) atoms. The summed E-state index contributed by atoms with van der Waals surface area (Å²) in [7, 11) is 0. The number of rotatable bonds is 0. The molecule has 3 heterocycles.